The normalized spacial score (nSPS) is 9.71. The molecule has 0 aliphatic rings. The van der Waals surface area contributed by atoms with Gasteiger partial charge in [-0.05, 0) is 40.5 Å². The summed E-state index contributed by atoms with van der Waals surface area (Å²) >= 11 is 9.20. The second-order valence-corrected chi connectivity index (χ2v) is 4.05. The van der Waals surface area contributed by atoms with E-state index in [0.717, 1.165) is 10.0 Å². The molecule has 3 nitrogen and oxygen atoms in total. The van der Waals surface area contributed by atoms with E-state index in [1.54, 1.807) is 13.1 Å². The molecule has 0 atom stereocenters. The number of aryl methyl sites for hydroxylation is 1. The first-order valence-electron chi connectivity index (χ1n) is 3.99. The van der Waals surface area contributed by atoms with E-state index in [1.165, 1.54) is 0 Å². The van der Waals surface area contributed by atoms with Gasteiger partial charge in [-0.15, -0.1) is 0 Å². The van der Waals surface area contributed by atoms with Crippen molar-refractivity contribution in [1.29, 1.82) is 0 Å². The number of hydrogen-bond acceptors (Lipinski definition) is 1. The van der Waals surface area contributed by atoms with Crippen molar-refractivity contribution in [1.82, 2.24) is 5.32 Å². The number of amides is 2. The molecule has 0 bridgehead atoms. The van der Waals surface area contributed by atoms with Crippen LogP contribution in [0.1, 0.15) is 5.56 Å². The molecule has 5 heteroatoms. The van der Waals surface area contributed by atoms with Gasteiger partial charge >= 0.3 is 6.03 Å². The number of urea groups is 1. The van der Waals surface area contributed by atoms with E-state index in [-0.39, 0.29) is 6.03 Å². The number of anilines is 1. The summed E-state index contributed by atoms with van der Waals surface area (Å²) in [6.45, 7) is 1.90. The summed E-state index contributed by atoms with van der Waals surface area (Å²) in [5.41, 5.74) is 1.66. The van der Waals surface area contributed by atoms with Crippen LogP contribution >= 0.6 is 27.5 Å². The molecular formula is C9H10BrClN2O. The summed E-state index contributed by atoms with van der Waals surface area (Å²) in [6, 6.07) is 3.30. The second kappa shape index (κ2) is 4.66. The van der Waals surface area contributed by atoms with Crippen LogP contribution in [0, 0.1) is 6.92 Å². The molecule has 1 aromatic carbocycles. The first-order valence-corrected chi connectivity index (χ1v) is 5.16. The summed E-state index contributed by atoms with van der Waals surface area (Å²) in [4.78, 5) is 11.1. The molecule has 14 heavy (non-hydrogen) atoms. The van der Waals surface area contributed by atoms with E-state index in [2.05, 4.69) is 26.6 Å². The minimum Gasteiger partial charge on any atom is -0.341 e. The molecule has 2 N–H and O–H groups in total. The maximum absolute atomic E-state index is 11.1. The molecule has 0 spiro atoms. The SMILES string of the molecule is CNC(=O)Nc1cc(Cl)c(Br)cc1C. The van der Waals surface area contributed by atoms with E-state index in [0.29, 0.717) is 10.7 Å². The van der Waals surface area contributed by atoms with Gasteiger partial charge in [-0.25, -0.2) is 4.79 Å². The molecule has 0 aliphatic carbocycles. The van der Waals surface area contributed by atoms with Crippen molar-refractivity contribution in [2.24, 2.45) is 0 Å². The smallest absolute Gasteiger partial charge is 0.318 e. The zero-order valence-electron chi connectivity index (χ0n) is 7.82. The van der Waals surface area contributed by atoms with Crippen LogP contribution in [0.25, 0.3) is 0 Å². The van der Waals surface area contributed by atoms with Gasteiger partial charge in [0.25, 0.3) is 0 Å². The Morgan fingerprint density at radius 1 is 1.50 bits per heavy atom. The van der Waals surface area contributed by atoms with E-state index in [4.69, 9.17) is 11.6 Å². The Kier molecular flexibility index (Phi) is 3.77. The lowest BCUT2D eigenvalue weighted by Gasteiger charge is -2.09. The van der Waals surface area contributed by atoms with Gasteiger partial charge in [0.05, 0.1) is 5.02 Å². The Hall–Kier alpha value is -0.740. The molecule has 0 fully saturated rings. The Morgan fingerprint density at radius 3 is 2.71 bits per heavy atom. The van der Waals surface area contributed by atoms with Crippen LogP contribution in [0.15, 0.2) is 16.6 Å². The van der Waals surface area contributed by atoms with Gasteiger partial charge in [0, 0.05) is 17.2 Å². The molecule has 0 aliphatic heterocycles. The van der Waals surface area contributed by atoms with Gasteiger partial charge in [-0.3, -0.25) is 0 Å². The highest BCUT2D eigenvalue weighted by Crippen LogP contribution is 2.28. The molecule has 1 aromatic rings. The number of carbonyl (C=O) groups is 1. The van der Waals surface area contributed by atoms with Gasteiger partial charge in [-0.1, -0.05) is 11.6 Å². The van der Waals surface area contributed by atoms with Crippen LogP contribution in [0.4, 0.5) is 10.5 Å². The Bertz CT molecular complexity index is 368. The number of hydrogen-bond donors (Lipinski definition) is 2. The second-order valence-electron chi connectivity index (χ2n) is 2.79. The predicted octanol–water partition coefficient (Wildman–Crippen LogP) is 3.16. The number of rotatable bonds is 1. The fourth-order valence-corrected chi connectivity index (χ4v) is 1.59. The van der Waals surface area contributed by atoms with Crippen LogP contribution < -0.4 is 10.6 Å². The van der Waals surface area contributed by atoms with Crippen molar-refractivity contribution in [2.75, 3.05) is 12.4 Å². The quantitative estimate of drug-likeness (QED) is 0.813. The monoisotopic (exact) mass is 276 g/mol. The van der Waals surface area contributed by atoms with Crippen LogP contribution in [0.5, 0.6) is 0 Å². The summed E-state index contributed by atoms with van der Waals surface area (Å²) < 4.78 is 0.819. The Morgan fingerprint density at radius 2 is 2.14 bits per heavy atom. The molecule has 0 saturated carbocycles. The fourth-order valence-electron chi connectivity index (χ4n) is 0.966. The zero-order chi connectivity index (χ0) is 10.7. The number of benzene rings is 1. The highest BCUT2D eigenvalue weighted by atomic mass is 79.9. The number of halogens is 2. The van der Waals surface area contributed by atoms with E-state index in [1.807, 2.05) is 13.0 Å². The van der Waals surface area contributed by atoms with E-state index < -0.39 is 0 Å². The summed E-state index contributed by atoms with van der Waals surface area (Å²) in [7, 11) is 1.56. The summed E-state index contributed by atoms with van der Waals surface area (Å²) in [5, 5.41) is 5.71. The van der Waals surface area contributed by atoms with Crippen LogP contribution in [-0.2, 0) is 0 Å². The Labute approximate surface area is 96.0 Å². The zero-order valence-corrected chi connectivity index (χ0v) is 10.2. The minimum absolute atomic E-state index is 0.258. The third-order valence-electron chi connectivity index (χ3n) is 1.74. The predicted molar refractivity (Wildman–Crippen MR) is 62.0 cm³/mol. The molecular weight excluding hydrogens is 267 g/mol. The van der Waals surface area contributed by atoms with Crippen molar-refractivity contribution in [3.05, 3.63) is 27.2 Å². The topological polar surface area (TPSA) is 41.1 Å². The highest BCUT2D eigenvalue weighted by Gasteiger charge is 2.05. The lowest BCUT2D eigenvalue weighted by Crippen LogP contribution is -2.24. The van der Waals surface area contributed by atoms with Gasteiger partial charge in [0.1, 0.15) is 0 Å². The lowest BCUT2D eigenvalue weighted by molar-refractivity contribution is 0.254. The summed E-state index contributed by atoms with van der Waals surface area (Å²) in [5.74, 6) is 0. The minimum atomic E-state index is -0.258. The van der Waals surface area contributed by atoms with Crippen molar-refractivity contribution in [2.45, 2.75) is 6.92 Å². The summed E-state index contributed by atoms with van der Waals surface area (Å²) in [6.07, 6.45) is 0. The van der Waals surface area contributed by atoms with Crippen LogP contribution in [-0.4, -0.2) is 13.1 Å². The van der Waals surface area contributed by atoms with Gasteiger partial charge in [0.2, 0.25) is 0 Å². The molecule has 0 saturated heterocycles. The van der Waals surface area contributed by atoms with Crippen LogP contribution in [0.2, 0.25) is 5.02 Å². The highest BCUT2D eigenvalue weighted by molar-refractivity contribution is 9.10. The molecule has 2 amide bonds. The molecule has 76 valence electrons. The van der Waals surface area contributed by atoms with E-state index in [9.17, 15) is 4.79 Å². The number of nitrogens with one attached hydrogen (secondary N) is 2. The fraction of sp³-hybridized carbons (Fsp3) is 0.222. The standard InChI is InChI=1S/C9H10BrClN2O/c1-5-3-6(10)7(11)4-8(5)13-9(14)12-2/h3-4H,1-2H3,(H2,12,13,14). The maximum Gasteiger partial charge on any atom is 0.318 e. The molecule has 0 unspecified atom stereocenters. The molecule has 0 heterocycles. The average molecular weight is 278 g/mol. The maximum atomic E-state index is 11.1. The van der Waals surface area contributed by atoms with Crippen molar-refractivity contribution in [3.8, 4) is 0 Å². The van der Waals surface area contributed by atoms with Crippen molar-refractivity contribution >= 4 is 39.2 Å². The van der Waals surface area contributed by atoms with Gasteiger partial charge in [0.15, 0.2) is 0 Å². The van der Waals surface area contributed by atoms with Crippen molar-refractivity contribution < 1.29 is 4.79 Å². The first-order chi connectivity index (χ1) is 6.54. The molecule has 0 radical (unpaired) electrons. The average Bonchev–Trinajstić information content (AvgIpc) is 2.14. The first kappa shape index (κ1) is 11.3. The van der Waals surface area contributed by atoms with Gasteiger partial charge in [-0.2, -0.15) is 0 Å². The van der Waals surface area contributed by atoms with Crippen molar-refractivity contribution in [3.63, 3.8) is 0 Å². The van der Waals surface area contributed by atoms with E-state index >= 15 is 0 Å². The molecule has 0 aromatic heterocycles. The van der Waals surface area contributed by atoms with Gasteiger partial charge < -0.3 is 10.6 Å². The number of carbonyl (C=O) groups excluding carboxylic acids is 1. The third kappa shape index (κ3) is 2.62. The molecule has 1 rings (SSSR count). The van der Waals surface area contributed by atoms with Crippen LogP contribution in [0.3, 0.4) is 0 Å². The lowest BCUT2D eigenvalue weighted by atomic mass is 10.2. The largest absolute Gasteiger partial charge is 0.341 e. The third-order valence-corrected chi connectivity index (χ3v) is 2.94. The Balaban J connectivity index is 2.98.